The molecule has 3 aliphatic rings. The van der Waals surface area contributed by atoms with E-state index in [1.807, 2.05) is 0 Å². The number of carbonyl (C=O) groups is 1. The van der Waals surface area contributed by atoms with E-state index < -0.39 is 0 Å². The molecule has 0 aliphatic heterocycles. The second-order valence-corrected chi connectivity index (χ2v) is 6.34. The SMILES string of the molecule is Cc1cccc2c1CC(=O)CC21CC2C=CC1C2. The molecule has 1 fully saturated rings. The number of rotatable bonds is 0. The van der Waals surface area contributed by atoms with E-state index in [0.717, 1.165) is 6.42 Å². The van der Waals surface area contributed by atoms with Crippen LogP contribution in [0.1, 0.15) is 36.0 Å². The molecule has 1 nitrogen and oxygen atoms in total. The van der Waals surface area contributed by atoms with Crippen LogP contribution in [0.3, 0.4) is 0 Å². The predicted molar refractivity (Wildman–Crippen MR) is 71.5 cm³/mol. The molecule has 1 spiro atoms. The molecule has 18 heavy (non-hydrogen) atoms. The van der Waals surface area contributed by atoms with Gasteiger partial charge in [-0.25, -0.2) is 0 Å². The fourth-order valence-electron chi connectivity index (χ4n) is 4.58. The smallest absolute Gasteiger partial charge is 0.138 e. The van der Waals surface area contributed by atoms with Crippen LogP contribution in [0.25, 0.3) is 0 Å². The van der Waals surface area contributed by atoms with Gasteiger partial charge < -0.3 is 0 Å². The summed E-state index contributed by atoms with van der Waals surface area (Å²) in [6, 6.07) is 6.60. The lowest BCUT2D eigenvalue weighted by Crippen LogP contribution is -2.39. The van der Waals surface area contributed by atoms with Crippen LogP contribution in [0.15, 0.2) is 30.4 Å². The molecule has 1 heteroatoms. The minimum atomic E-state index is 0.149. The van der Waals surface area contributed by atoms with Crippen LogP contribution in [0.4, 0.5) is 0 Å². The van der Waals surface area contributed by atoms with Gasteiger partial charge in [0.2, 0.25) is 0 Å². The Bertz CT molecular complexity index is 569. The van der Waals surface area contributed by atoms with Crippen molar-refractivity contribution < 1.29 is 4.79 Å². The Morgan fingerprint density at radius 1 is 1.28 bits per heavy atom. The summed E-state index contributed by atoms with van der Waals surface area (Å²) in [5, 5.41) is 0. The zero-order valence-electron chi connectivity index (χ0n) is 10.8. The van der Waals surface area contributed by atoms with Crippen molar-refractivity contribution >= 4 is 5.78 Å². The van der Waals surface area contributed by atoms with Crippen molar-refractivity contribution in [3.8, 4) is 0 Å². The number of aryl methyl sites for hydroxylation is 1. The summed E-state index contributed by atoms with van der Waals surface area (Å²) >= 11 is 0. The van der Waals surface area contributed by atoms with E-state index in [-0.39, 0.29) is 5.41 Å². The van der Waals surface area contributed by atoms with Gasteiger partial charge in [-0.3, -0.25) is 4.79 Å². The van der Waals surface area contributed by atoms with Gasteiger partial charge in [0.1, 0.15) is 5.78 Å². The van der Waals surface area contributed by atoms with Crippen LogP contribution in [0.2, 0.25) is 0 Å². The Hall–Kier alpha value is -1.37. The second kappa shape index (κ2) is 3.34. The second-order valence-electron chi connectivity index (χ2n) is 6.34. The molecule has 3 aliphatic carbocycles. The fraction of sp³-hybridized carbons (Fsp3) is 0.471. The number of fused-ring (bicyclic) bond motifs is 5. The third kappa shape index (κ3) is 1.20. The zero-order chi connectivity index (χ0) is 12.3. The fourth-order valence-corrected chi connectivity index (χ4v) is 4.58. The van der Waals surface area contributed by atoms with Crippen molar-refractivity contribution in [2.75, 3.05) is 0 Å². The number of ketones is 1. The van der Waals surface area contributed by atoms with Gasteiger partial charge in [-0.05, 0) is 48.3 Å². The Balaban J connectivity index is 1.95. The maximum absolute atomic E-state index is 12.2. The monoisotopic (exact) mass is 238 g/mol. The van der Waals surface area contributed by atoms with Gasteiger partial charge >= 0.3 is 0 Å². The maximum atomic E-state index is 12.2. The van der Waals surface area contributed by atoms with Gasteiger partial charge in [-0.2, -0.15) is 0 Å². The highest BCUT2D eigenvalue weighted by Gasteiger charge is 2.52. The van der Waals surface area contributed by atoms with Crippen LogP contribution in [0, 0.1) is 18.8 Å². The molecule has 92 valence electrons. The summed E-state index contributed by atoms with van der Waals surface area (Å²) in [5.74, 6) is 1.76. The molecular formula is C17H18O. The summed E-state index contributed by atoms with van der Waals surface area (Å²) < 4.78 is 0. The lowest BCUT2D eigenvalue weighted by Gasteiger charge is -2.41. The first-order valence-corrected chi connectivity index (χ1v) is 6.98. The Labute approximate surface area is 108 Å². The molecule has 0 amide bonds. The topological polar surface area (TPSA) is 17.1 Å². The van der Waals surface area contributed by atoms with Crippen LogP contribution in [-0.2, 0) is 16.6 Å². The molecule has 4 rings (SSSR count). The number of allylic oxidation sites excluding steroid dienone is 2. The van der Waals surface area contributed by atoms with Crippen molar-refractivity contribution in [2.45, 2.75) is 38.0 Å². The van der Waals surface area contributed by atoms with Crippen molar-refractivity contribution in [3.63, 3.8) is 0 Å². The van der Waals surface area contributed by atoms with Crippen molar-refractivity contribution in [1.29, 1.82) is 0 Å². The van der Waals surface area contributed by atoms with Crippen LogP contribution >= 0.6 is 0 Å². The highest BCUT2D eigenvalue weighted by Crippen LogP contribution is 2.57. The van der Waals surface area contributed by atoms with E-state index in [9.17, 15) is 4.79 Å². The largest absolute Gasteiger partial charge is 0.299 e. The van der Waals surface area contributed by atoms with Crippen LogP contribution in [0.5, 0.6) is 0 Å². The van der Waals surface area contributed by atoms with Crippen molar-refractivity contribution in [2.24, 2.45) is 11.8 Å². The average Bonchev–Trinajstić information content (AvgIpc) is 2.91. The number of benzene rings is 1. The molecule has 1 aromatic carbocycles. The van der Waals surface area contributed by atoms with Crippen LogP contribution < -0.4 is 0 Å². The quantitative estimate of drug-likeness (QED) is 0.633. The van der Waals surface area contributed by atoms with Crippen LogP contribution in [-0.4, -0.2) is 5.78 Å². The lowest BCUT2D eigenvalue weighted by atomic mass is 9.62. The molecule has 0 heterocycles. The molecule has 0 radical (unpaired) electrons. The summed E-state index contributed by atoms with van der Waals surface area (Å²) in [6.07, 6.45) is 8.63. The molecule has 3 atom stereocenters. The first-order valence-electron chi connectivity index (χ1n) is 6.98. The molecule has 1 saturated carbocycles. The Morgan fingerprint density at radius 3 is 2.89 bits per heavy atom. The highest BCUT2D eigenvalue weighted by atomic mass is 16.1. The summed E-state index contributed by atoms with van der Waals surface area (Å²) in [6.45, 7) is 2.15. The van der Waals surface area contributed by atoms with Gasteiger partial charge in [-0.1, -0.05) is 30.4 Å². The van der Waals surface area contributed by atoms with E-state index in [2.05, 4.69) is 37.3 Å². The van der Waals surface area contributed by atoms with Gasteiger partial charge in [-0.15, -0.1) is 0 Å². The Kier molecular flexibility index (Phi) is 1.96. The van der Waals surface area contributed by atoms with Crippen molar-refractivity contribution in [1.82, 2.24) is 0 Å². The minimum Gasteiger partial charge on any atom is -0.299 e. The van der Waals surface area contributed by atoms with E-state index in [1.54, 1.807) is 0 Å². The molecular weight excluding hydrogens is 220 g/mol. The molecule has 0 N–H and O–H groups in total. The summed E-state index contributed by atoms with van der Waals surface area (Å²) in [5.41, 5.74) is 4.26. The van der Waals surface area contributed by atoms with E-state index >= 15 is 0 Å². The molecule has 0 saturated heterocycles. The van der Waals surface area contributed by atoms with Gasteiger partial charge in [0.25, 0.3) is 0 Å². The number of hydrogen-bond donors (Lipinski definition) is 0. The summed E-state index contributed by atoms with van der Waals surface area (Å²) in [4.78, 5) is 12.2. The third-order valence-corrected chi connectivity index (χ3v) is 5.34. The van der Waals surface area contributed by atoms with Gasteiger partial charge in [0, 0.05) is 18.3 Å². The number of hydrogen-bond acceptors (Lipinski definition) is 1. The molecule has 3 unspecified atom stereocenters. The average molecular weight is 238 g/mol. The normalized spacial score (nSPS) is 36.4. The van der Waals surface area contributed by atoms with Gasteiger partial charge in [0.05, 0.1) is 0 Å². The zero-order valence-corrected chi connectivity index (χ0v) is 10.8. The molecule has 0 aromatic heterocycles. The number of carbonyl (C=O) groups excluding carboxylic acids is 1. The lowest BCUT2D eigenvalue weighted by molar-refractivity contribution is -0.120. The standard InChI is InChI=1S/C17H18O/c1-11-3-2-4-16-15(11)8-14(18)10-17(16)9-12-5-6-13(17)7-12/h2-6,12-13H,7-10H2,1H3. The first-order chi connectivity index (χ1) is 8.69. The van der Waals surface area contributed by atoms with Crippen molar-refractivity contribution in [3.05, 3.63) is 47.0 Å². The van der Waals surface area contributed by atoms with Gasteiger partial charge in [0.15, 0.2) is 0 Å². The number of Topliss-reactive ketones (excluding diaryl/α,β-unsaturated/α-hetero) is 1. The third-order valence-electron chi connectivity index (χ3n) is 5.34. The summed E-state index contributed by atoms with van der Waals surface area (Å²) in [7, 11) is 0. The molecule has 2 bridgehead atoms. The Morgan fingerprint density at radius 2 is 2.17 bits per heavy atom. The highest BCUT2D eigenvalue weighted by molar-refractivity contribution is 5.86. The minimum absolute atomic E-state index is 0.149. The predicted octanol–water partition coefficient (Wildman–Crippen LogP) is 3.34. The van der Waals surface area contributed by atoms with E-state index in [0.29, 0.717) is 24.0 Å². The first kappa shape index (κ1) is 10.5. The van der Waals surface area contributed by atoms with E-state index in [1.165, 1.54) is 29.5 Å². The molecule has 1 aromatic rings. The maximum Gasteiger partial charge on any atom is 0.138 e. The van der Waals surface area contributed by atoms with E-state index in [4.69, 9.17) is 0 Å².